The van der Waals surface area contributed by atoms with Crippen molar-refractivity contribution < 1.29 is 9.63 Å². The highest BCUT2D eigenvalue weighted by Crippen LogP contribution is 2.10. The highest BCUT2D eigenvalue weighted by molar-refractivity contribution is 5.93. The number of rotatable bonds is 4. The van der Waals surface area contributed by atoms with Gasteiger partial charge in [0.05, 0.1) is 17.9 Å². The molecule has 100 valence electrons. The Bertz CT molecular complexity index is 575. The number of nitrogens with one attached hydrogen (secondary N) is 1. The molecule has 0 aliphatic heterocycles. The summed E-state index contributed by atoms with van der Waals surface area (Å²) < 4.78 is 1.74. The van der Waals surface area contributed by atoms with E-state index in [4.69, 9.17) is 4.84 Å². The van der Waals surface area contributed by atoms with Crippen LogP contribution in [0.25, 0.3) is 5.82 Å². The molecule has 0 saturated heterocycles. The van der Waals surface area contributed by atoms with E-state index in [9.17, 15) is 4.79 Å². The Morgan fingerprint density at radius 3 is 2.74 bits per heavy atom. The van der Waals surface area contributed by atoms with Gasteiger partial charge in [0.1, 0.15) is 0 Å². The average molecular weight is 260 g/mol. The van der Waals surface area contributed by atoms with Gasteiger partial charge in [-0.15, -0.1) is 0 Å². The first kappa shape index (κ1) is 13.2. The Morgan fingerprint density at radius 1 is 1.42 bits per heavy atom. The molecule has 0 unspecified atom stereocenters. The molecule has 2 aromatic heterocycles. The summed E-state index contributed by atoms with van der Waals surface area (Å²) in [5, 5.41) is 4.33. The van der Waals surface area contributed by atoms with Crippen molar-refractivity contribution in [1.29, 1.82) is 0 Å². The lowest BCUT2D eigenvalue weighted by molar-refractivity contribution is 0.0364. The number of nitrogens with zero attached hydrogens (tertiary/aromatic N) is 3. The number of hydrogen-bond donors (Lipinski definition) is 1. The highest BCUT2D eigenvalue weighted by Gasteiger charge is 2.08. The van der Waals surface area contributed by atoms with Gasteiger partial charge >= 0.3 is 0 Å². The van der Waals surface area contributed by atoms with Crippen molar-refractivity contribution in [2.24, 2.45) is 0 Å². The summed E-state index contributed by atoms with van der Waals surface area (Å²) in [6.45, 7) is 6.10. The molecule has 0 spiro atoms. The molecule has 0 atom stereocenters. The Morgan fingerprint density at radius 2 is 2.21 bits per heavy atom. The van der Waals surface area contributed by atoms with Crippen LogP contribution in [0, 0.1) is 13.8 Å². The van der Waals surface area contributed by atoms with Crippen molar-refractivity contribution in [3.05, 3.63) is 41.3 Å². The third-order valence-corrected chi connectivity index (χ3v) is 2.55. The first-order chi connectivity index (χ1) is 9.11. The van der Waals surface area contributed by atoms with E-state index in [1.54, 1.807) is 23.7 Å². The second-order valence-corrected chi connectivity index (χ2v) is 4.11. The molecule has 0 bridgehead atoms. The molecule has 2 rings (SSSR count). The van der Waals surface area contributed by atoms with Crippen molar-refractivity contribution in [2.45, 2.75) is 20.8 Å². The average Bonchev–Trinajstić information content (AvgIpc) is 2.75. The third-order valence-electron chi connectivity index (χ3n) is 2.55. The number of aryl methyl sites for hydroxylation is 2. The molecule has 2 heterocycles. The maximum absolute atomic E-state index is 11.6. The topological polar surface area (TPSA) is 69.0 Å². The molecule has 0 aliphatic carbocycles. The van der Waals surface area contributed by atoms with Crippen LogP contribution in [0.2, 0.25) is 0 Å². The molecule has 2 aromatic rings. The van der Waals surface area contributed by atoms with E-state index in [1.165, 1.54) is 6.20 Å². The summed E-state index contributed by atoms with van der Waals surface area (Å²) >= 11 is 0. The fourth-order valence-electron chi connectivity index (χ4n) is 1.70. The maximum Gasteiger partial charge on any atom is 0.276 e. The van der Waals surface area contributed by atoms with Gasteiger partial charge in [0.2, 0.25) is 0 Å². The zero-order chi connectivity index (χ0) is 13.8. The van der Waals surface area contributed by atoms with E-state index in [-0.39, 0.29) is 5.91 Å². The van der Waals surface area contributed by atoms with Crippen molar-refractivity contribution in [1.82, 2.24) is 20.2 Å². The first-order valence-corrected chi connectivity index (χ1v) is 6.03. The van der Waals surface area contributed by atoms with Crippen LogP contribution >= 0.6 is 0 Å². The highest BCUT2D eigenvalue weighted by atomic mass is 16.6. The van der Waals surface area contributed by atoms with Crippen LogP contribution in [0.5, 0.6) is 0 Å². The van der Waals surface area contributed by atoms with E-state index < -0.39 is 0 Å². The molecule has 0 fully saturated rings. The quantitative estimate of drug-likeness (QED) is 0.847. The van der Waals surface area contributed by atoms with Crippen LogP contribution in [0.15, 0.2) is 24.4 Å². The van der Waals surface area contributed by atoms with Crippen LogP contribution in [-0.2, 0) is 4.84 Å². The molecule has 0 saturated carbocycles. The van der Waals surface area contributed by atoms with Crippen LogP contribution in [0.1, 0.15) is 28.7 Å². The summed E-state index contributed by atoms with van der Waals surface area (Å²) in [7, 11) is 0. The fraction of sp³-hybridized carbons (Fsp3) is 0.308. The van der Waals surface area contributed by atoms with Gasteiger partial charge in [-0.3, -0.25) is 9.63 Å². The molecule has 6 nitrogen and oxygen atoms in total. The van der Waals surface area contributed by atoms with E-state index in [1.807, 2.05) is 19.9 Å². The van der Waals surface area contributed by atoms with E-state index in [0.29, 0.717) is 18.0 Å². The van der Waals surface area contributed by atoms with Gasteiger partial charge < -0.3 is 0 Å². The largest absolute Gasteiger partial charge is 0.276 e. The van der Waals surface area contributed by atoms with Crippen LogP contribution in [0.4, 0.5) is 0 Å². The number of carbonyl (C=O) groups is 1. The van der Waals surface area contributed by atoms with Crippen molar-refractivity contribution >= 4 is 5.91 Å². The molecular formula is C13H16N4O2. The van der Waals surface area contributed by atoms with Crippen molar-refractivity contribution in [2.75, 3.05) is 6.61 Å². The van der Waals surface area contributed by atoms with Crippen LogP contribution in [0.3, 0.4) is 0 Å². The number of pyridine rings is 1. The van der Waals surface area contributed by atoms with Gasteiger partial charge in [0.25, 0.3) is 5.91 Å². The number of hydroxylamine groups is 1. The number of hydrogen-bond acceptors (Lipinski definition) is 4. The van der Waals surface area contributed by atoms with E-state index in [2.05, 4.69) is 15.6 Å². The summed E-state index contributed by atoms with van der Waals surface area (Å²) in [5.74, 6) is 0.368. The molecule has 6 heteroatoms. The zero-order valence-electron chi connectivity index (χ0n) is 11.2. The second kappa shape index (κ2) is 5.62. The molecule has 0 radical (unpaired) electrons. The third kappa shape index (κ3) is 2.97. The summed E-state index contributed by atoms with van der Waals surface area (Å²) in [6, 6.07) is 5.41. The summed E-state index contributed by atoms with van der Waals surface area (Å²) in [5.41, 5.74) is 4.69. The Labute approximate surface area is 111 Å². The standard InChI is InChI=1S/C13H16N4O2/c1-4-19-16-13(18)11-5-6-12(14-8-11)17-10(3)7-9(2)15-17/h5-8H,4H2,1-3H3,(H,16,18). The van der Waals surface area contributed by atoms with Gasteiger partial charge in [0, 0.05) is 11.9 Å². The summed E-state index contributed by atoms with van der Waals surface area (Å²) in [4.78, 5) is 20.7. The van der Waals surface area contributed by atoms with Crippen LogP contribution < -0.4 is 5.48 Å². The summed E-state index contributed by atoms with van der Waals surface area (Å²) in [6.07, 6.45) is 1.50. The molecule has 0 aliphatic rings. The van der Waals surface area contributed by atoms with Gasteiger partial charge in [-0.2, -0.15) is 5.10 Å². The molecule has 19 heavy (non-hydrogen) atoms. The Hall–Kier alpha value is -2.21. The van der Waals surface area contributed by atoms with Crippen LogP contribution in [-0.4, -0.2) is 27.3 Å². The fourth-order valence-corrected chi connectivity index (χ4v) is 1.70. The lowest BCUT2D eigenvalue weighted by Gasteiger charge is -2.05. The number of amides is 1. The van der Waals surface area contributed by atoms with Crippen molar-refractivity contribution in [3.63, 3.8) is 0 Å². The lowest BCUT2D eigenvalue weighted by Crippen LogP contribution is -2.23. The number of carbonyl (C=O) groups excluding carboxylic acids is 1. The van der Waals surface area contributed by atoms with Gasteiger partial charge in [0.15, 0.2) is 5.82 Å². The van der Waals surface area contributed by atoms with E-state index >= 15 is 0 Å². The molecule has 0 aromatic carbocycles. The number of aromatic nitrogens is 3. The van der Waals surface area contributed by atoms with Gasteiger partial charge in [-0.05, 0) is 39.0 Å². The molecule has 1 N–H and O–H groups in total. The molecule has 1 amide bonds. The first-order valence-electron chi connectivity index (χ1n) is 6.03. The van der Waals surface area contributed by atoms with Gasteiger partial charge in [-0.1, -0.05) is 0 Å². The predicted octanol–water partition coefficient (Wildman–Crippen LogP) is 1.57. The molecular weight excluding hydrogens is 244 g/mol. The lowest BCUT2D eigenvalue weighted by atomic mass is 10.3. The maximum atomic E-state index is 11.6. The Kier molecular flexibility index (Phi) is 3.91. The minimum absolute atomic E-state index is 0.311. The minimum Gasteiger partial charge on any atom is -0.274 e. The van der Waals surface area contributed by atoms with Crippen molar-refractivity contribution in [3.8, 4) is 5.82 Å². The zero-order valence-corrected chi connectivity index (χ0v) is 11.2. The second-order valence-electron chi connectivity index (χ2n) is 4.11. The van der Waals surface area contributed by atoms with Gasteiger partial charge in [-0.25, -0.2) is 15.1 Å². The SMILES string of the molecule is CCONC(=O)c1ccc(-n2nc(C)cc2C)nc1. The predicted molar refractivity (Wildman–Crippen MR) is 69.9 cm³/mol. The normalized spacial score (nSPS) is 10.5. The Balaban J connectivity index is 2.19. The monoisotopic (exact) mass is 260 g/mol. The minimum atomic E-state index is -0.311. The van der Waals surface area contributed by atoms with E-state index in [0.717, 1.165) is 11.4 Å². The smallest absolute Gasteiger partial charge is 0.274 e.